The molecule has 18 heavy (non-hydrogen) atoms. The summed E-state index contributed by atoms with van der Waals surface area (Å²) >= 11 is 0. The van der Waals surface area contributed by atoms with Crippen molar-refractivity contribution in [3.63, 3.8) is 0 Å². The molecule has 1 aromatic rings. The summed E-state index contributed by atoms with van der Waals surface area (Å²) in [6, 6.07) is 6.64. The van der Waals surface area contributed by atoms with Crippen LogP contribution in [0, 0.1) is 0 Å². The van der Waals surface area contributed by atoms with E-state index < -0.39 is 24.1 Å². The largest absolute Gasteiger partial charge is 0.365 e. The summed E-state index contributed by atoms with van der Waals surface area (Å²) in [6.07, 6.45) is -1.97. The first-order valence-electron chi connectivity index (χ1n) is 4.85. The number of benzene rings is 1. The van der Waals surface area contributed by atoms with Gasteiger partial charge in [-0.05, 0) is 12.1 Å². The van der Waals surface area contributed by atoms with E-state index in [2.05, 4.69) is 0 Å². The van der Waals surface area contributed by atoms with Gasteiger partial charge in [0.15, 0.2) is 0 Å². The highest BCUT2D eigenvalue weighted by atomic mass is 16.3. The van der Waals surface area contributed by atoms with Crippen molar-refractivity contribution in [3.8, 4) is 0 Å². The van der Waals surface area contributed by atoms with Crippen LogP contribution in [0.25, 0.3) is 0 Å². The molecule has 0 aliphatic carbocycles. The molecular formula is C10H12N4O4. The minimum atomic E-state index is -1.97. The Balaban J connectivity index is 2.75. The van der Waals surface area contributed by atoms with E-state index in [1.165, 1.54) is 12.1 Å². The molecule has 0 aliphatic heterocycles. The standard InChI is InChI=1S/C10H12N4O4/c11-10(18)13-7(15)9(17)14(12)8(16)6-4-2-1-3-5-6/h1-5,7,15H,12H2,(H3,11,13,18). The number of hydrazine groups is 1. The van der Waals surface area contributed by atoms with Gasteiger partial charge in [0.25, 0.3) is 11.8 Å². The molecule has 1 aromatic carbocycles. The highest BCUT2D eigenvalue weighted by Crippen LogP contribution is 2.02. The van der Waals surface area contributed by atoms with Gasteiger partial charge in [-0.15, -0.1) is 0 Å². The molecule has 0 aliphatic rings. The predicted octanol–water partition coefficient (Wildman–Crippen LogP) is -1.48. The lowest BCUT2D eigenvalue weighted by Crippen LogP contribution is -2.54. The maximum Gasteiger partial charge on any atom is 0.314 e. The van der Waals surface area contributed by atoms with Crippen molar-refractivity contribution in [1.82, 2.24) is 10.3 Å². The first kappa shape index (κ1) is 13.6. The van der Waals surface area contributed by atoms with E-state index in [1.807, 2.05) is 0 Å². The number of nitrogens with zero attached hydrogens (tertiary/aromatic N) is 1. The van der Waals surface area contributed by atoms with E-state index in [0.29, 0.717) is 0 Å². The maximum atomic E-state index is 11.7. The molecule has 0 spiro atoms. The fraction of sp³-hybridized carbons (Fsp3) is 0.100. The van der Waals surface area contributed by atoms with E-state index in [-0.39, 0.29) is 10.6 Å². The highest BCUT2D eigenvalue weighted by molar-refractivity contribution is 6.05. The molecule has 96 valence electrons. The summed E-state index contributed by atoms with van der Waals surface area (Å²) in [5, 5.41) is 11.1. The van der Waals surface area contributed by atoms with Crippen molar-refractivity contribution in [2.45, 2.75) is 6.23 Å². The molecule has 8 heteroatoms. The highest BCUT2D eigenvalue weighted by Gasteiger charge is 2.26. The summed E-state index contributed by atoms with van der Waals surface area (Å²) in [5.74, 6) is 3.25. The number of aliphatic hydroxyl groups is 1. The quantitative estimate of drug-likeness (QED) is 0.225. The number of primary amides is 1. The lowest BCUT2D eigenvalue weighted by Gasteiger charge is -2.18. The zero-order valence-electron chi connectivity index (χ0n) is 9.24. The number of nitrogens with one attached hydrogen (secondary N) is 1. The monoisotopic (exact) mass is 252 g/mol. The van der Waals surface area contributed by atoms with Crippen molar-refractivity contribution in [3.05, 3.63) is 35.9 Å². The van der Waals surface area contributed by atoms with Crippen LogP contribution in [0.4, 0.5) is 4.79 Å². The van der Waals surface area contributed by atoms with Crippen LogP contribution in [-0.2, 0) is 4.79 Å². The summed E-state index contributed by atoms with van der Waals surface area (Å²) in [5.41, 5.74) is 4.88. The van der Waals surface area contributed by atoms with E-state index >= 15 is 0 Å². The Morgan fingerprint density at radius 3 is 2.28 bits per heavy atom. The van der Waals surface area contributed by atoms with Gasteiger partial charge in [0, 0.05) is 5.56 Å². The number of hydrogen-bond donors (Lipinski definition) is 4. The molecule has 4 amide bonds. The fourth-order valence-corrected chi connectivity index (χ4v) is 1.15. The fourth-order valence-electron chi connectivity index (χ4n) is 1.15. The lowest BCUT2D eigenvalue weighted by atomic mass is 10.2. The average molecular weight is 252 g/mol. The Hall–Kier alpha value is -2.45. The predicted molar refractivity (Wildman–Crippen MR) is 60.5 cm³/mol. The molecule has 8 nitrogen and oxygen atoms in total. The third-order valence-corrected chi connectivity index (χ3v) is 1.99. The molecule has 1 rings (SSSR count). The maximum absolute atomic E-state index is 11.7. The summed E-state index contributed by atoms with van der Waals surface area (Å²) in [4.78, 5) is 33.6. The number of carbonyl (C=O) groups is 3. The second kappa shape index (κ2) is 5.75. The van der Waals surface area contributed by atoms with E-state index in [9.17, 15) is 19.5 Å². The van der Waals surface area contributed by atoms with Gasteiger partial charge in [-0.1, -0.05) is 18.2 Å². The number of hydrogen-bond acceptors (Lipinski definition) is 5. The van der Waals surface area contributed by atoms with Gasteiger partial charge in [-0.25, -0.2) is 15.6 Å². The van der Waals surface area contributed by atoms with Gasteiger partial charge in [0.05, 0.1) is 0 Å². The average Bonchev–Trinajstić information content (AvgIpc) is 2.36. The number of amides is 4. The first-order valence-corrected chi connectivity index (χ1v) is 4.85. The van der Waals surface area contributed by atoms with Crippen LogP contribution in [0.1, 0.15) is 10.4 Å². The molecule has 0 bridgehead atoms. The summed E-state index contributed by atoms with van der Waals surface area (Å²) < 4.78 is 0. The number of nitrogens with two attached hydrogens (primary N) is 2. The minimum absolute atomic E-state index is 0.166. The summed E-state index contributed by atoms with van der Waals surface area (Å²) in [7, 11) is 0. The number of rotatable bonds is 3. The number of imide groups is 1. The van der Waals surface area contributed by atoms with Crippen molar-refractivity contribution >= 4 is 17.8 Å². The Labute approximate surface area is 102 Å². The Morgan fingerprint density at radius 1 is 1.22 bits per heavy atom. The molecule has 0 fully saturated rings. The molecule has 0 saturated carbocycles. The third-order valence-electron chi connectivity index (χ3n) is 1.99. The molecular weight excluding hydrogens is 240 g/mol. The molecule has 0 radical (unpaired) electrons. The van der Waals surface area contributed by atoms with Gasteiger partial charge in [-0.2, -0.15) is 0 Å². The third kappa shape index (κ3) is 3.27. The second-order valence-corrected chi connectivity index (χ2v) is 3.29. The van der Waals surface area contributed by atoms with Crippen molar-refractivity contribution in [2.75, 3.05) is 0 Å². The Kier molecular flexibility index (Phi) is 4.35. The van der Waals surface area contributed by atoms with Crippen LogP contribution < -0.4 is 16.9 Å². The van der Waals surface area contributed by atoms with Gasteiger partial charge >= 0.3 is 6.03 Å². The van der Waals surface area contributed by atoms with Crippen LogP contribution >= 0.6 is 0 Å². The van der Waals surface area contributed by atoms with Crippen LogP contribution in [0.3, 0.4) is 0 Å². The topological polar surface area (TPSA) is 139 Å². The van der Waals surface area contributed by atoms with Gasteiger partial charge in [0.1, 0.15) is 0 Å². The molecule has 0 heterocycles. The van der Waals surface area contributed by atoms with E-state index in [1.54, 1.807) is 23.5 Å². The van der Waals surface area contributed by atoms with Gasteiger partial charge in [-0.3, -0.25) is 9.59 Å². The van der Waals surface area contributed by atoms with Crippen LogP contribution in [0.5, 0.6) is 0 Å². The Bertz CT molecular complexity index is 462. The van der Waals surface area contributed by atoms with Crippen molar-refractivity contribution in [1.29, 1.82) is 0 Å². The lowest BCUT2D eigenvalue weighted by molar-refractivity contribution is -0.138. The van der Waals surface area contributed by atoms with Crippen molar-refractivity contribution < 1.29 is 19.5 Å². The molecule has 1 unspecified atom stereocenters. The van der Waals surface area contributed by atoms with Crippen LogP contribution in [-0.4, -0.2) is 34.2 Å². The van der Waals surface area contributed by atoms with Gasteiger partial charge in [0.2, 0.25) is 6.23 Å². The zero-order chi connectivity index (χ0) is 13.7. The normalized spacial score (nSPS) is 11.4. The van der Waals surface area contributed by atoms with Crippen molar-refractivity contribution in [2.24, 2.45) is 11.6 Å². The number of carbonyl (C=O) groups excluding carboxylic acids is 3. The minimum Gasteiger partial charge on any atom is -0.365 e. The van der Waals surface area contributed by atoms with E-state index in [0.717, 1.165) is 0 Å². The smallest absolute Gasteiger partial charge is 0.314 e. The molecule has 1 atom stereocenters. The summed E-state index contributed by atoms with van der Waals surface area (Å²) in [6.45, 7) is 0. The second-order valence-electron chi connectivity index (χ2n) is 3.29. The SMILES string of the molecule is NC(=O)NC(O)C(=O)N(N)C(=O)c1ccccc1. The van der Waals surface area contributed by atoms with E-state index in [4.69, 9.17) is 11.6 Å². The van der Waals surface area contributed by atoms with Crippen LogP contribution in [0.2, 0.25) is 0 Å². The zero-order valence-corrected chi connectivity index (χ0v) is 9.24. The molecule has 6 N–H and O–H groups in total. The molecule has 0 saturated heterocycles. The first-order chi connectivity index (χ1) is 8.43. The van der Waals surface area contributed by atoms with Crippen LogP contribution in [0.15, 0.2) is 30.3 Å². The Morgan fingerprint density at radius 2 is 1.78 bits per heavy atom. The molecule has 0 aromatic heterocycles. The number of urea groups is 1. The van der Waals surface area contributed by atoms with Gasteiger partial charge < -0.3 is 16.2 Å². The number of aliphatic hydroxyl groups excluding tert-OH is 1.